The SMILES string of the molecule is CNc1nc(N[C@H]2CCC(NC(C)=O)C2)nn2ccc(-c3ccc4nccnc4n3)c12. The maximum Gasteiger partial charge on any atom is 0.243 e. The second kappa shape index (κ2) is 7.78. The predicted octanol–water partition coefficient (Wildman–Crippen LogP) is 2.25. The number of nitrogens with zero attached hydrogens (tertiary/aromatic N) is 6. The standard InChI is InChI=1S/C21H23N9O/c1-12(31)25-13-3-4-14(11-13)26-21-28-20(22-2)18-15(7-10-30(18)29-21)16-5-6-17-19(27-16)24-9-8-23-17/h5-10,13-14H,3-4,11H2,1-2H3,(H,25,31)(H2,22,26,28,29)/t13?,14-/m0/s1. The molecule has 10 heteroatoms. The molecule has 0 spiro atoms. The summed E-state index contributed by atoms with van der Waals surface area (Å²) in [5.41, 5.74) is 3.88. The third-order valence-corrected chi connectivity index (χ3v) is 5.53. The minimum absolute atomic E-state index is 0.00828. The van der Waals surface area contributed by atoms with E-state index in [4.69, 9.17) is 4.98 Å². The molecule has 10 nitrogen and oxygen atoms in total. The van der Waals surface area contributed by atoms with Crippen molar-refractivity contribution in [2.45, 2.75) is 38.3 Å². The number of carbonyl (C=O) groups excluding carboxylic acids is 1. The monoisotopic (exact) mass is 417 g/mol. The fourth-order valence-corrected chi connectivity index (χ4v) is 4.18. The van der Waals surface area contributed by atoms with Gasteiger partial charge in [-0.25, -0.2) is 14.5 Å². The Labute approximate surface area is 178 Å². The van der Waals surface area contributed by atoms with Crippen molar-refractivity contribution in [3.05, 3.63) is 36.8 Å². The first-order chi connectivity index (χ1) is 15.1. The molecule has 4 aromatic rings. The molecule has 4 heterocycles. The molecule has 0 aliphatic heterocycles. The van der Waals surface area contributed by atoms with Crippen LogP contribution in [0.2, 0.25) is 0 Å². The smallest absolute Gasteiger partial charge is 0.243 e. The van der Waals surface area contributed by atoms with Crippen LogP contribution in [0.3, 0.4) is 0 Å². The minimum Gasteiger partial charge on any atom is -0.371 e. The lowest BCUT2D eigenvalue weighted by atomic mass is 10.2. The summed E-state index contributed by atoms with van der Waals surface area (Å²) < 4.78 is 1.80. The molecule has 5 rings (SSSR count). The van der Waals surface area contributed by atoms with E-state index in [0.29, 0.717) is 17.4 Å². The second-order valence-electron chi connectivity index (χ2n) is 7.70. The van der Waals surface area contributed by atoms with Gasteiger partial charge in [0.05, 0.1) is 5.69 Å². The lowest BCUT2D eigenvalue weighted by Gasteiger charge is -2.15. The number of hydrogen-bond acceptors (Lipinski definition) is 8. The third kappa shape index (κ3) is 3.72. The number of amides is 1. The van der Waals surface area contributed by atoms with Crippen LogP contribution in [0.5, 0.6) is 0 Å². The van der Waals surface area contributed by atoms with Gasteiger partial charge < -0.3 is 16.0 Å². The van der Waals surface area contributed by atoms with Gasteiger partial charge in [0.1, 0.15) is 11.0 Å². The molecule has 0 radical (unpaired) electrons. The lowest BCUT2D eigenvalue weighted by molar-refractivity contribution is -0.119. The Balaban J connectivity index is 1.46. The molecule has 0 aromatic carbocycles. The van der Waals surface area contributed by atoms with Gasteiger partial charge in [-0.15, -0.1) is 5.10 Å². The summed E-state index contributed by atoms with van der Waals surface area (Å²) in [5.74, 6) is 1.26. The molecule has 0 bridgehead atoms. The number of rotatable bonds is 5. The summed E-state index contributed by atoms with van der Waals surface area (Å²) in [6, 6.07) is 6.23. The highest BCUT2D eigenvalue weighted by molar-refractivity contribution is 5.89. The molecule has 1 amide bonds. The predicted molar refractivity (Wildman–Crippen MR) is 118 cm³/mol. The molecule has 1 saturated carbocycles. The van der Waals surface area contributed by atoms with Crippen molar-refractivity contribution in [2.75, 3.05) is 17.7 Å². The molecule has 1 aliphatic carbocycles. The van der Waals surface area contributed by atoms with Gasteiger partial charge >= 0.3 is 0 Å². The fraction of sp³-hybridized carbons (Fsp3) is 0.333. The molecule has 1 aliphatic rings. The Bertz CT molecular complexity index is 1270. The number of hydrogen-bond donors (Lipinski definition) is 3. The largest absolute Gasteiger partial charge is 0.371 e. The van der Waals surface area contributed by atoms with Gasteiger partial charge in [-0.3, -0.25) is 9.78 Å². The average Bonchev–Trinajstić information content (AvgIpc) is 3.39. The lowest BCUT2D eigenvalue weighted by Crippen LogP contribution is -2.32. The van der Waals surface area contributed by atoms with Gasteiger partial charge in [0, 0.05) is 50.2 Å². The van der Waals surface area contributed by atoms with E-state index in [2.05, 4.69) is 36.0 Å². The molecule has 0 saturated heterocycles. The second-order valence-corrected chi connectivity index (χ2v) is 7.70. The van der Waals surface area contributed by atoms with Gasteiger partial charge in [-0.1, -0.05) is 0 Å². The van der Waals surface area contributed by atoms with Crippen LogP contribution in [0.25, 0.3) is 27.9 Å². The first-order valence-electron chi connectivity index (χ1n) is 10.3. The van der Waals surface area contributed by atoms with E-state index in [9.17, 15) is 4.79 Å². The van der Waals surface area contributed by atoms with Crippen molar-refractivity contribution in [1.82, 2.24) is 34.9 Å². The topological polar surface area (TPSA) is 122 Å². The quantitative estimate of drug-likeness (QED) is 0.452. The zero-order chi connectivity index (χ0) is 21.4. The van der Waals surface area contributed by atoms with Crippen LogP contribution < -0.4 is 16.0 Å². The first-order valence-corrected chi connectivity index (χ1v) is 10.3. The van der Waals surface area contributed by atoms with Crippen LogP contribution in [0, 0.1) is 0 Å². The number of pyridine rings is 1. The summed E-state index contributed by atoms with van der Waals surface area (Å²) in [5, 5.41) is 14.2. The van der Waals surface area contributed by atoms with Gasteiger partial charge in [0.2, 0.25) is 11.9 Å². The zero-order valence-corrected chi connectivity index (χ0v) is 17.3. The molecule has 1 fully saturated rings. The Morgan fingerprint density at radius 1 is 1.10 bits per heavy atom. The molecule has 2 atom stereocenters. The normalized spacial score (nSPS) is 18.4. The molecule has 4 aromatic heterocycles. The highest BCUT2D eigenvalue weighted by Gasteiger charge is 2.26. The molecule has 1 unspecified atom stereocenters. The highest BCUT2D eigenvalue weighted by Crippen LogP contribution is 2.30. The van der Waals surface area contributed by atoms with Crippen molar-refractivity contribution in [2.24, 2.45) is 0 Å². The van der Waals surface area contributed by atoms with Crippen LogP contribution in [-0.4, -0.2) is 54.6 Å². The van der Waals surface area contributed by atoms with Crippen molar-refractivity contribution >= 4 is 34.4 Å². The van der Waals surface area contributed by atoms with Gasteiger partial charge in [0.25, 0.3) is 0 Å². The first kappa shape index (κ1) is 19.2. The van der Waals surface area contributed by atoms with Crippen LogP contribution in [0.4, 0.5) is 11.8 Å². The zero-order valence-electron chi connectivity index (χ0n) is 17.3. The molecule has 158 valence electrons. The summed E-state index contributed by atoms with van der Waals surface area (Å²) in [6.45, 7) is 1.55. The maximum atomic E-state index is 11.3. The number of aromatic nitrogens is 6. The fourth-order valence-electron chi connectivity index (χ4n) is 4.18. The van der Waals surface area contributed by atoms with Gasteiger partial charge in [-0.2, -0.15) is 4.98 Å². The van der Waals surface area contributed by atoms with Crippen molar-refractivity contribution in [3.63, 3.8) is 0 Å². The van der Waals surface area contributed by atoms with Crippen molar-refractivity contribution in [1.29, 1.82) is 0 Å². The maximum absolute atomic E-state index is 11.3. The summed E-state index contributed by atoms with van der Waals surface area (Å²) in [6.07, 6.45) is 7.95. The summed E-state index contributed by atoms with van der Waals surface area (Å²) in [7, 11) is 1.84. The third-order valence-electron chi connectivity index (χ3n) is 5.53. The van der Waals surface area contributed by atoms with E-state index in [-0.39, 0.29) is 18.0 Å². The van der Waals surface area contributed by atoms with Crippen LogP contribution in [-0.2, 0) is 4.79 Å². The Kier molecular flexibility index (Phi) is 4.81. The van der Waals surface area contributed by atoms with Crippen LogP contribution in [0.15, 0.2) is 36.8 Å². The van der Waals surface area contributed by atoms with Gasteiger partial charge in [0.15, 0.2) is 11.5 Å². The number of anilines is 2. The van der Waals surface area contributed by atoms with Crippen LogP contribution >= 0.6 is 0 Å². The Hall–Kier alpha value is -3.82. The van der Waals surface area contributed by atoms with Crippen LogP contribution in [0.1, 0.15) is 26.2 Å². The van der Waals surface area contributed by atoms with Gasteiger partial charge in [-0.05, 0) is 37.5 Å². The van der Waals surface area contributed by atoms with E-state index in [1.165, 1.54) is 0 Å². The summed E-state index contributed by atoms with van der Waals surface area (Å²) in [4.78, 5) is 29.2. The van der Waals surface area contributed by atoms with E-state index < -0.39 is 0 Å². The number of nitrogens with one attached hydrogen (secondary N) is 3. The number of carbonyl (C=O) groups is 1. The minimum atomic E-state index is 0.00828. The van der Waals surface area contributed by atoms with E-state index in [1.807, 2.05) is 31.4 Å². The Morgan fingerprint density at radius 2 is 1.94 bits per heavy atom. The molecule has 3 N–H and O–H groups in total. The average molecular weight is 417 g/mol. The molecule has 31 heavy (non-hydrogen) atoms. The van der Waals surface area contributed by atoms with E-state index in [1.54, 1.807) is 23.8 Å². The van der Waals surface area contributed by atoms with Crippen molar-refractivity contribution in [3.8, 4) is 11.3 Å². The Morgan fingerprint density at radius 3 is 2.77 bits per heavy atom. The van der Waals surface area contributed by atoms with Crippen molar-refractivity contribution < 1.29 is 4.79 Å². The summed E-state index contributed by atoms with van der Waals surface area (Å²) >= 11 is 0. The molecular weight excluding hydrogens is 394 g/mol. The van der Waals surface area contributed by atoms with E-state index >= 15 is 0 Å². The molecular formula is C21H23N9O. The highest BCUT2D eigenvalue weighted by atomic mass is 16.1. The number of fused-ring (bicyclic) bond motifs is 2. The van der Waals surface area contributed by atoms with E-state index in [0.717, 1.165) is 41.6 Å².